The highest BCUT2D eigenvalue weighted by Crippen LogP contribution is 2.11. The van der Waals surface area contributed by atoms with Crippen LogP contribution in [0.4, 0.5) is 5.13 Å². The van der Waals surface area contributed by atoms with Crippen molar-refractivity contribution in [3.8, 4) is 12.3 Å². The molecular weight excluding hydrogens is 242 g/mol. The molecule has 1 aromatic heterocycles. The van der Waals surface area contributed by atoms with Crippen LogP contribution in [0.1, 0.15) is 5.69 Å². The zero-order chi connectivity index (χ0) is 11.8. The summed E-state index contributed by atoms with van der Waals surface area (Å²) in [4.78, 5) is 15.4. The number of hydrogen-bond acceptors (Lipinski definition) is 5. The molecule has 0 aliphatic heterocycles. The first kappa shape index (κ1) is 12.9. The molecule has 0 radical (unpaired) electrons. The maximum absolute atomic E-state index is 11.4. The molecule has 0 spiro atoms. The third-order valence-electron chi connectivity index (χ3n) is 1.67. The molecule has 0 aliphatic rings. The molecule has 0 bridgehead atoms. The lowest BCUT2D eigenvalue weighted by atomic mass is 10.3. The number of aromatic nitrogens is 1. The van der Waals surface area contributed by atoms with Gasteiger partial charge in [0.15, 0.2) is 5.13 Å². The van der Waals surface area contributed by atoms with Crippen molar-refractivity contribution in [2.75, 3.05) is 23.8 Å². The predicted molar refractivity (Wildman–Crippen MR) is 69.4 cm³/mol. The molecule has 3 N–H and O–H groups in total. The molecule has 0 unspecified atom stereocenters. The van der Waals surface area contributed by atoms with E-state index >= 15 is 0 Å². The van der Waals surface area contributed by atoms with Gasteiger partial charge in [-0.1, -0.05) is 5.92 Å². The number of thioether (sulfide) groups is 1. The van der Waals surface area contributed by atoms with Crippen LogP contribution in [0.3, 0.4) is 0 Å². The van der Waals surface area contributed by atoms with E-state index in [2.05, 4.69) is 16.2 Å². The van der Waals surface area contributed by atoms with Crippen molar-refractivity contribution in [2.45, 2.75) is 6.42 Å². The Morgan fingerprint density at radius 2 is 2.56 bits per heavy atom. The molecule has 0 aliphatic carbocycles. The Labute approximate surface area is 103 Å². The van der Waals surface area contributed by atoms with E-state index < -0.39 is 0 Å². The minimum absolute atomic E-state index is 0.0355. The minimum atomic E-state index is -0.0355. The number of hydrogen-bond donors (Lipinski definition) is 2. The molecular formula is C10H13N3OS2. The van der Waals surface area contributed by atoms with Crippen LogP contribution in [0.2, 0.25) is 0 Å². The Bertz CT molecular complexity index is 384. The van der Waals surface area contributed by atoms with E-state index in [0.29, 0.717) is 17.4 Å². The molecule has 6 heteroatoms. The summed E-state index contributed by atoms with van der Waals surface area (Å²) in [6, 6.07) is 0. The van der Waals surface area contributed by atoms with Gasteiger partial charge in [0.2, 0.25) is 5.91 Å². The predicted octanol–water partition coefficient (Wildman–Crippen LogP) is 0.750. The molecule has 86 valence electrons. The van der Waals surface area contributed by atoms with Gasteiger partial charge < -0.3 is 11.1 Å². The number of carbonyl (C=O) groups is 1. The number of amides is 1. The van der Waals surface area contributed by atoms with Gasteiger partial charge in [-0.15, -0.1) is 29.5 Å². The van der Waals surface area contributed by atoms with E-state index in [1.54, 1.807) is 17.1 Å². The van der Waals surface area contributed by atoms with Crippen LogP contribution in [0.25, 0.3) is 0 Å². The average Bonchev–Trinajstić information content (AvgIpc) is 2.63. The second-order valence-electron chi connectivity index (χ2n) is 2.96. The minimum Gasteiger partial charge on any atom is -0.375 e. The fourth-order valence-electron chi connectivity index (χ4n) is 1.02. The lowest BCUT2D eigenvalue weighted by molar-refractivity contribution is -0.120. The van der Waals surface area contributed by atoms with Crippen molar-refractivity contribution >= 4 is 34.1 Å². The van der Waals surface area contributed by atoms with Crippen molar-refractivity contribution in [3.05, 3.63) is 11.1 Å². The van der Waals surface area contributed by atoms with Gasteiger partial charge in [-0.25, -0.2) is 4.98 Å². The summed E-state index contributed by atoms with van der Waals surface area (Å²) in [6.07, 6.45) is 5.38. The number of nitrogens with two attached hydrogens (primary N) is 1. The van der Waals surface area contributed by atoms with Crippen LogP contribution >= 0.6 is 23.1 Å². The Morgan fingerprint density at radius 1 is 1.75 bits per heavy atom. The highest BCUT2D eigenvalue weighted by Gasteiger charge is 2.05. The number of nitrogens with zero attached hydrogens (tertiary/aromatic N) is 1. The first-order valence-corrected chi connectivity index (χ1v) is 6.73. The fraction of sp³-hybridized carbons (Fsp3) is 0.400. The summed E-state index contributed by atoms with van der Waals surface area (Å²) < 4.78 is 0. The summed E-state index contributed by atoms with van der Waals surface area (Å²) in [7, 11) is 0. The van der Waals surface area contributed by atoms with E-state index in [-0.39, 0.29) is 12.3 Å². The van der Waals surface area contributed by atoms with Crippen LogP contribution < -0.4 is 11.1 Å². The van der Waals surface area contributed by atoms with E-state index in [4.69, 9.17) is 12.2 Å². The Hall–Kier alpha value is -1.19. The van der Waals surface area contributed by atoms with Gasteiger partial charge in [0, 0.05) is 17.7 Å². The van der Waals surface area contributed by atoms with Crippen LogP contribution in [0, 0.1) is 12.3 Å². The highest BCUT2D eigenvalue weighted by atomic mass is 32.2. The normalized spacial score (nSPS) is 9.69. The number of nitrogen functional groups attached to an aromatic ring is 1. The number of nitrogens with one attached hydrogen (secondary N) is 1. The van der Waals surface area contributed by atoms with Gasteiger partial charge in [0.1, 0.15) is 0 Å². The summed E-state index contributed by atoms with van der Waals surface area (Å²) in [6.45, 7) is 0.630. The van der Waals surface area contributed by atoms with Gasteiger partial charge in [0.05, 0.1) is 17.9 Å². The maximum atomic E-state index is 11.4. The molecule has 0 saturated heterocycles. The second-order valence-corrected chi connectivity index (χ2v) is 4.96. The van der Waals surface area contributed by atoms with Crippen molar-refractivity contribution < 1.29 is 4.79 Å². The van der Waals surface area contributed by atoms with Gasteiger partial charge in [-0.05, 0) is 0 Å². The molecule has 0 saturated carbocycles. The van der Waals surface area contributed by atoms with Crippen LogP contribution in [0.5, 0.6) is 0 Å². The highest BCUT2D eigenvalue weighted by molar-refractivity contribution is 7.99. The fourth-order valence-corrected chi connectivity index (χ4v) is 2.10. The van der Waals surface area contributed by atoms with Gasteiger partial charge in [0.25, 0.3) is 0 Å². The molecule has 1 heterocycles. The van der Waals surface area contributed by atoms with Crippen molar-refractivity contribution in [3.63, 3.8) is 0 Å². The van der Waals surface area contributed by atoms with Gasteiger partial charge in [-0.3, -0.25) is 4.79 Å². The summed E-state index contributed by atoms with van der Waals surface area (Å²) in [5.74, 6) is 4.00. The van der Waals surface area contributed by atoms with E-state index in [1.807, 2.05) is 0 Å². The maximum Gasteiger partial charge on any atom is 0.226 e. The topological polar surface area (TPSA) is 68.0 Å². The molecule has 1 rings (SSSR count). The molecule has 0 fully saturated rings. The summed E-state index contributed by atoms with van der Waals surface area (Å²) in [5, 5.41) is 5.08. The summed E-state index contributed by atoms with van der Waals surface area (Å²) in [5.41, 5.74) is 6.18. The second kappa shape index (κ2) is 7.14. The standard InChI is InChI=1S/C10H13N3OS2/c1-2-4-15-5-3-12-9(14)6-8-7-16-10(11)13-8/h1,7H,3-6H2,(H2,11,13)(H,12,14). The smallest absolute Gasteiger partial charge is 0.226 e. The van der Waals surface area contributed by atoms with Gasteiger partial charge >= 0.3 is 0 Å². The van der Waals surface area contributed by atoms with Crippen molar-refractivity contribution in [1.29, 1.82) is 0 Å². The molecule has 0 aromatic carbocycles. The van der Waals surface area contributed by atoms with E-state index in [0.717, 1.165) is 11.4 Å². The first-order chi connectivity index (χ1) is 7.72. The lowest BCUT2D eigenvalue weighted by Gasteiger charge is -2.02. The number of carbonyl (C=O) groups excluding carboxylic acids is 1. The molecule has 4 nitrogen and oxygen atoms in total. The third kappa shape index (κ3) is 5.05. The Kier molecular flexibility index (Phi) is 5.75. The average molecular weight is 255 g/mol. The quantitative estimate of drug-likeness (QED) is 0.581. The van der Waals surface area contributed by atoms with Crippen molar-refractivity contribution in [2.24, 2.45) is 0 Å². The summed E-state index contributed by atoms with van der Waals surface area (Å²) >= 11 is 2.96. The number of rotatable bonds is 6. The van der Waals surface area contributed by atoms with E-state index in [9.17, 15) is 4.79 Å². The Balaban J connectivity index is 2.14. The third-order valence-corrected chi connectivity index (χ3v) is 3.25. The lowest BCUT2D eigenvalue weighted by Crippen LogP contribution is -2.27. The van der Waals surface area contributed by atoms with Crippen LogP contribution in [0.15, 0.2) is 5.38 Å². The Morgan fingerprint density at radius 3 is 3.19 bits per heavy atom. The zero-order valence-electron chi connectivity index (χ0n) is 8.73. The molecule has 16 heavy (non-hydrogen) atoms. The van der Waals surface area contributed by atoms with Crippen molar-refractivity contribution in [1.82, 2.24) is 10.3 Å². The monoisotopic (exact) mass is 255 g/mol. The van der Waals surface area contributed by atoms with Crippen LogP contribution in [-0.4, -0.2) is 28.9 Å². The number of terminal acetylenes is 1. The molecule has 1 aromatic rings. The molecule has 0 atom stereocenters. The van der Waals surface area contributed by atoms with Crippen LogP contribution in [-0.2, 0) is 11.2 Å². The number of thiazole rings is 1. The largest absolute Gasteiger partial charge is 0.375 e. The zero-order valence-corrected chi connectivity index (χ0v) is 10.4. The SMILES string of the molecule is C#CCSCCNC(=O)Cc1csc(N)n1. The van der Waals surface area contributed by atoms with E-state index in [1.165, 1.54) is 11.3 Å². The van der Waals surface area contributed by atoms with Gasteiger partial charge in [-0.2, -0.15) is 0 Å². The first-order valence-electron chi connectivity index (χ1n) is 4.70. The number of anilines is 1. The molecule has 1 amide bonds.